The molecule has 6 aromatic carbocycles. The number of nitrogens with one attached hydrogen (secondary N) is 3. The first-order valence-electron chi connectivity index (χ1n) is 25.2. The van der Waals surface area contributed by atoms with E-state index in [1.807, 2.05) is 56.3 Å². The van der Waals surface area contributed by atoms with Gasteiger partial charge in [-0.05, 0) is 123 Å². The summed E-state index contributed by atoms with van der Waals surface area (Å²) in [7, 11) is 0. The molecule has 0 unspecified atom stereocenters. The van der Waals surface area contributed by atoms with Gasteiger partial charge in [-0.2, -0.15) is 26.3 Å². The number of hydrogen-bond donors (Lipinski definition) is 3. The van der Waals surface area contributed by atoms with Gasteiger partial charge in [-0.15, -0.1) is 13.2 Å². The SMILES string of the molecule is Cc1[nH]c(-c2ccc(-c3ccc(C(F)(F)F)c(Cl)c3)o2)nc1-c1ccc(F)cc1.Cc1[nH]c(-c2ccc(-c3ccc(OC(F)(F)F)c(Cl)c3)o2)nc1-c1ccc(Cl)cc1.FC(F)(F)c1ccccc1-c1ccc(-c2nc(-c3ccccc3)c(Cl)[nH]2)o1. The molecule has 0 saturated heterocycles. The Balaban J connectivity index is 0.000000143. The maximum atomic E-state index is 13.2. The summed E-state index contributed by atoms with van der Waals surface area (Å²) in [6.45, 7) is 3.72. The second kappa shape index (κ2) is 24.6. The highest BCUT2D eigenvalue weighted by molar-refractivity contribution is 6.33. The smallest absolute Gasteiger partial charge is 0.453 e. The summed E-state index contributed by atoms with van der Waals surface area (Å²) in [5.41, 5.74) is 5.26. The lowest BCUT2D eigenvalue weighted by atomic mass is 10.1. The van der Waals surface area contributed by atoms with Crippen LogP contribution in [0.4, 0.5) is 43.9 Å². The molecule has 6 heterocycles. The molecule has 0 radical (unpaired) electrons. The fourth-order valence-corrected chi connectivity index (χ4v) is 9.62. The van der Waals surface area contributed by atoms with Crippen LogP contribution in [0.15, 0.2) is 189 Å². The number of alkyl halides is 9. The van der Waals surface area contributed by atoms with Gasteiger partial charge in [0.25, 0.3) is 0 Å². The summed E-state index contributed by atoms with van der Waals surface area (Å²) in [6.07, 6.45) is -13.8. The number of H-pyrrole nitrogens is 3. The number of halogens is 14. The van der Waals surface area contributed by atoms with E-state index in [0.29, 0.717) is 79.0 Å². The van der Waals surface area contributed by atoms with Crippen molar-refractivity contribution in [3.63, 3.8) is 0 Å². The van der Waals surface area contributed by atoms with E-state index < -0.39 is 40.6 Å². The molecule has 12 rings (SSSR count). The zero-order chi connectivity index (χ0) is 61.2. The second-order valence-corrected chi connectivity index (χ2v) is 20.3. The highest BCUT2D eigenvalue weighted by Gasteiger charge is 2.35. The lowest BCUT2D eigenvalue weighted by Gasteiger charge is -2.10. The number of benzene rings is 6. The largest absolute Gasteiger partial charge is 0.573 e. The van der Waals surface area contributed by atoms with Crippen LogP contribution >= 0.6 is 46.4 Å². The number of nitrogens with zero attached hydrogens (tertiary/aromatic N) is 3. The van der Waals surface area contributed by atoms with E-state index in [1.165, 1.54) is 60.7 Å². The summed E-state index contributed by atoms with van der Waals surface area (Å²) in [4.78, 5) is 22.7. The van der Waals surface area contributed by atoms with Gasteiger partial charge in [0, 0.05) is 49.8 Å². The van der Waals surface area contributed by atoms with Gasteiger partial charge in [0.15, 0.2) is 34.8 Å². The Bertz CT molecular complexity index is 4330. The number of aromatic amines is 3. The zero-order valence-corrected chi connectivity index (χ0v) is 47.0. The van der Waals surface area contributed by atoms with Gasteiger partial charge in [0.05, 0.1) is 32.6 Å². The van der Waals surface area contributed by atoms with Gasteiger partial charge in [-0.3, -0.25) is 0 Å². The maximum absolute atomic E-state index is 13.2. The third-order valence-corrected chi connectivity index (χ3v) is 13.9. The number of imidazole rings is 3. The Morgan fingerprint density at radius 1 is 0.407 bits per heavy atom. The minimum absolute atomic E-state index is 0.0304. The first kappa shape index (κ1) is 60.2. The van der Waals surface area contributed by atoms with E-state index in [4.69, 9.17) is 59.7 Å². The van der Waals surface area contributed by atoms with E-state index in [-0.39, 0.29) is 22.2 Å². The highest BCUT2D eigenvalue weighted by atomic mass is 35.5. The lowest BCUT2D eigenvalue weighted by Crippen LogP contribution is -2.17. The molecule has 0 aliphatic carbocycles. The van der Waals surface area contributed by atoms with Crippen molar-refractivity contribution in [3.05, 3.63) is 224 Å². The molecule has 0 atom stereocenters. The second-order valence-electron chi connectivity index (χ2n) is 18.7. The molecule has 0 aliphatic rings. The Labute approximate surface area is 501 Å². The molecule has 12 aromatic rings. The van der Waals surface area contributed by atoms with Crippen LogP contribution in [0.2, 0.25) is 20.2 Å². The lowest BCUT2D eigenvalue weighted by molar-refractivity contribution is -0.274. The predicted molar refractivity (Wildman–Crippen MR) is 308 cm³/mol. The van der Waals surface area contributed by atoms with Crippen molar-refractivity contribution >= 4 is 46.4 Å². The normalized spacial score (nSPS) is 11.7. The molecule has 0 bridgehead atoms. The van der Waals surface area contributed by atoms with Gasteiger partial charge < -0.3 is 32.9 Å². The van der Waals surface area contributed by atoms with Crippen LogP contribution < -0.4 is 4.74 Å². The van der Waals surface area contributed by atoms with E-state index in [0.717, 1.165) is 52.0 Å². The third-order valence-electron chi connectivity index (χ3n) is 12.7. The van der Waals surface area contributed by atoms with E-state index in [2.05, 4.69) is 34.6 Å². The van der Waals surface area contributed by atoms with Gasteiger partial charge in [0.1, 0.15) is 39.7 Å². The predicted octanol–water partition coefficient (Wildman–Crippen LogP) is 21.3. The van der Waals surface area contributed by atoms with Crippen molar-refractivity contribution in [1.82, 2.24) is 29.9 Å². The summed E-state index contributed by atoms with van der Waals surface area (Å²) in [5, 5.41) is 0.375. The van der Waals surface area contributed by atoms with Crippen LogP contribution in [0.3, 0.4) is 0 Å². The molecule has 86 heavy (non-hydrogen) atoms. The van der Waals surface area contributed by atoms with E-state index >= 15 is 0 Å². The minimum Gasteiger partial charge on any atom is -0.453 e. The van der Waals surface area contributed by atoms with Crippen LogP contribution in [-0.2, 0) is 12.4 Å². The number of ether oxygens (including phenoxy) is 1. The van der Waals surface area contributed by atoms with Crippen LogP contribution in [0, 0.1) is 19.7 Å². The molecule has 3 N–H and O–H groups in total. The van der Waals surface area contributed by atoms with Gasteiger partial charge in [-0.25, -0.2) is 19.3 Å². The fourth-order valence-electron chi connectivity index (χ4n) is 8.74. The number of aryl methyl sites for hydroxylation is 2. The molecule has 0 amide bonds. The quantitative estimate of drug-likeness (QED) is 0.116. The van der Waals surface area contributed by atoms with Crippen molar-refractivity contribution in [3.8, 4) is 108 Å². The number of aromatic nitrogens is 6. The van der Waals surface area contributed by atoms with Crippen LogP contribution in [0.5, 0.6) is 5.75 Å². The maximum Gasteiger partial charge on any atom is 0.573 e. The molecular formula is C62H38Cl4F10N6O4. The molecular weight excluding hydrogens is 1220 g/mol. The fraction of sp³-hybridized carbons (Fsp3) is 0.0806. The standard InChI is InChI=1S/C21H13Cl2F3N2O2.C21H13ClF4N2O.C20H12ClF3N2O/c1-11-19(12-2-5-14(22)6-3-12)28-20(27-11)18-9-8-16(29-18)13-4-7-17(15(23)10-13)30-21(24,25)26;1-11-19(12-2-5-14(23)6-3-12)28-20(27-11)18-9-8-17(29-18)13-4-7-15(16(22)10-13)21(24,25)26;21-18-17(12-6-2-1-3-7-12)25-19(26-18)16-11-10-15(27-16)13-8-4-5-9-14(13)20(22,23)24/h2-10H,1H3,(H,27,28);2-10H,1H3,(H,27,28);1-11H,(H,25,26). The average Bonchev–Trinajstić information content (AvgIpc) is 3.22. The summed E-state index contributed by atoms with van der Waals surface area (Å²) in [5.74, 6) is 2.56. The molecule has 6 aromatic heterocycles. The van der Waals surface area contributed by atoms with Gasteiger partial charge in [0.2, 0.25) is 0 Å². The van der Waals surface area contributed by atoms with Gasteiger partial charge in [-0.1, -0.05) is 113 Å². The van der Waals surface area contributed by atoms with E-state index in [1.54, 1.807) is 54.6 Å². The molecule has 0 aliphatic heterocycles. The van der Waals surface area contributed by atoms with Crippen LogP contribution in [0.25, 0.3) is 102 Å². The monoisotopic (exact) mass is 1260 g/mol. The highest BCUT2D eigenvalue weighted by Crippen LogP contribution is 2.42. The average molecular weight is 1260 g/mol. The summed E-state index contributed by atoms with van der Waals surface area (Å²) >= 11 is 23.9. The molecule has 0 fully saturated rings. The number of hydrogen-bond acceptors (Lipinski definition) is 7. The Hall–Kier alpha value is -8.95. The Morgan fingerprint density at radius 2 is 0.837 bits per heavy atom. The Kier molecular flexibility index (Phi) is 17.2. The van der Waals surface area contributed by atoms with E-state index in [9.17, 15) is 43.9 Å². The molecule has 0 saturated carbocycles. The van der Waals surface area contributed by atoms with Crippen molar-refractivity contribution in [1.29, 1.82) is 0 Å². The van der Waals surface area contributed by atoms with Crippen molar-refractivity contribution in [2.45, 2.75) is 32.6 Å². The first-order valence-corrected chi connectivity index (χ1v) is 26.7. The van der Waals surface area contributed by atoms with Crippen LogP contribution in [0.1, 0.15) is 22.5 Å². The zero-order valence-electron chi connectivity index (χ0n) is 44.0. The molecule has 0 spiro atoms. The molecule has 24 heteroatoms. The minimum atomic E-state index is -4.82. The van der Waals surface area contributed by atoms with Crippen molar-refractivity contribution in [2.75, 3.05) is 0 Å². The van der Waals surface area contributed by atoms with Crippen molar-refractivity contribution < 1.29 is 61.9 Å². The first-order chi connectivity index (χ1) is 40.8. The van der Waals surface area contributed by atoms with Gasteiger partial charge >= 0.3 is 18.7 Å². The summed E-state index contributed by atoms with van der Waals surface area (Å²) < 4.78 is 150. The number of rotatable bonds is 10. The number of furan rings is 3. The van der Waals surface area contributed by atoms with Crippen molar-refractivity contribution in [2.24, 2.45) is 0 Å². The third kappa shape index (κ3) is 13.9. The topological polar surface area (TPSA) is 135 Å². The summed E-state index contributed by atoms with van der Waals surface area (Å²) in [6, 6.07) is 44.9. The molecule has 10 nitrogen and oxygen atoms in total. The Morgan fingerprint density at radius 3 is 1.36 bits per heavy atom. The van der Waals surface area contributed by atoms with Crippen LogP contribution in [-0.4, -0.2) is 36.3 Å². The molecule has 438 valence electrons.